The number of carbonyl (C=O) groups excluding carboxylic acids is 1. The Balaban J connectivity index is 1.24. The first kappa shape index (κ1) is 19.4. The van der Waals surface area contributed by atoms with Gasteiger partial charge in [-0.1, -0.05) is 23.9 Å². The van der Waals surface area contributed by atoms with Crippen molar-refractivity contribution in [2.24, 2.45) is 5.14 Å². The van der Waals surface area contributed by atoms with Crippen LogP contribution in [0, 0.1) is 0 Å². The smallest absolute Gasteiger partial charge is 0.238 e. The fourth-order valence-electron chi connectivity index (χ4n) is 3.06. The van der Waals surface area contributed by atoms with Gasteiger partial charge in [-0.05, 0) is 49.8 Å². The van der Waals surface area contributed by atoms with Crippen molar-refractivity contribution in [2.75, 3.05) is 12.3 Å². The van der Waals surface area contributed by atoms with Gasteiger partial charge in [-0.25, -0.2) is 13.6 Å². The van der Waals surface area contributed by atoms with Crippen LogP contribution in [0.2, 0.25) is 0 Å². The molecular formula is C18H23N5O3S2. The number of aromatic nitrogens is 3. The predicted molar refractivity (Wildman–Crippen MR) is 106 cm³/mol. The van der Waals surface area contributed by atoms with Gasteiger partial charge in [0, 0.05) is 18.5 Å². The van der Waals surface area contributed by atoms with Crippen molar-refractivity contribution in [1.82, 2.24) is 20.1 Å². The zero-order chi connectivity index (χ0) is 19.7. The molecule has 2 aliphatic carbocycles. The van der Waals surface area contributed by atoms with E-state index in [4.69, 9.17) is 5.14 Å². The third-order valence-electron chi connectivity index (χ3n) is 4.87. The molecule has 2 aliphatic rings. The molecule has 150 valence electrons. The molecule has 2 aromatic rings. The molecule has 28 heavy (non-hydrogen) atoms. The van der Waals surface area contributed by atoms with E-state index in [-0.39, 0.29) is 10.8 Å². The summed E-state index contributed by atoms with van der Waals surface area (Å²) in [5, 5.41) is 17.5. The number of thioether (sulfide) groups is 1. The van der Waals surface area contributed by atoms with Gasteiger partial charge < -0.3 is 9.88 Å². The zero-order valence-electron chi connectivity index (χ0n) is 15.4. The lowest BCUT2D eigenvalue weighted by atomic mass is 10.1. The molecule has 8 nitrogen and oxygen atoms in total. The summed E-state index contributed by atoms with van der Waals surface area (Å²) in [5.41, 5.74) is 0.933. The van der Waals surface area contributed by atoms with E-state index < -0.39 is 10.0 Å². The van der Waals surface area contributed by atoms with Crippen molar-refractivity contribution >= 4 is 27.7 Å². The lowest BCUT2D eigenvalue weighted by Gasteiger charge is -2.08. The summed E-state index contributed by atoms with van der Waals surface area (Å²) in [5.74, 6) is 1.90. The summed E-state index contributed by atoms with van der Waals surface area (Å²) in [4.78, 5) is 12.2. The second-order valence-corrected chi connectivity index (χ2v) is 9.80. The maximum Gasteiger partial charge on any atom is 0.238 e. The maximum atomic E-state index is 12.2. The van der Waals surface area contributed by atoms with Gasteiger partial charge in [-0.15, -0.1) is 10.2 Å². The van der Waals surface area contributed by atoms with Crippen LogP contribution in [0.25, 0.3) is 0 Å². The molecule has 1 aromatic heterocycles. The van der Waals surface area contributed by atoms with Gasteiger partial charge >= 0.3 is 0 Å². The molecule has 0 unspecified atom stereocenters. The number of benzene rings is 1. The molecular weight excluding hydrogens is 398 g/mol. The molecule has 0 spiro atoms. The number of primary sulfonamides is 1. The lowest BCUT2D eigenvalue weighted by molar-refractivity contribution is -0.118. The number of hydrogen-bond acceptors (Lipinski definition) is 6. The number of nitrogens with zero attached hydrogens (tertiary/aromatic N) is 3. The van der Waals surface area contributed by atoms with E-state index in [0.29, 0.717) is 30.7 Å². The first-order valence-corrected chi connectivity index (χ1v) is 11.9. The van der Waals surface area contributed by atoms with Crippen LogP contribution >= 0.6 is 11.8 Å². The first-order valence-electron chi connectivity index (χ1n) is 9.38. The number of amides is 1. The predicted octanol–water partition coefficient (Wildman–Crippen LogP) is 1.59. The van der Waals surface area contributed by atoms with E-state index in [2.05, 4.69) is 20.1 Å². The number of carbonyl (C=O) groups is 1. The molecule has 0 radical (unpaired) electrons. The summed E-state index contributed by atoms with van der Waals surface area (Å²) in [6.07, 6.45) is 5.33. The van der Waals surface area contributed by atoms with Crippen molar-refractivity contribution in [3.05, 3.63) is 35.7 Å². The topological polar surface area (TPSA) is 120 Å². The van der Waals surface area contributed by atoms with E-state index in [9.17, 15) is 13.2 Å². The minimum absolute atomic E-state index is 0.0514. The highest BCUT2D eigenvalue weighted by Gasteiger charge is 2.36. The molecule has 0 aliphatic heterocycles. The molecule has 0 saturated heterocycles. The second kappa shape index (κ2) is 7.84. The van der Waals surface area contributed by atoms with Crippen LogP contribution in [-0.4, -0.2) is 41.4 Å². The van der Waals surface area contributed by atoms with E-state index in [1.807, 2.05) is 0 Å². The minimum atomic E-state index is -3.68. The number of hydrogen-bond donors (Lipinski definition) is 2. The van der Waals surface area contributed by atoms with E-state index in [1.165, 1.54) is 49.6 Å². The summed E-state index contributed by atoms with van der Waals surface area (Å²) in [7, 11) is -3.68. The summed E-state index contributed by atoms with van der Waals surface area (Å²) < 4.78 is 24.7. The summed E-state index contributed by atoms with van der Waals surface area (Å²) >= 11 is 1.44. The van der Waals surface area contributed by atoms with Crippen molar-refractivity contribution in [3.8, 4) is 0 Å². The monoisotopic (exact) mass is 421 g/mol. The van der Waals surface area contributed by atoms with E-state index in [0.717, 1.165) is 16.5 Å². The zero-order valence-corrected chi connectivity index (χ0v) is 17.0. The van der Waals surface area contributed by atoms with Gasteiger partial charge in [0.25, 0.3) is 0 Å². The Labute approximate surface area is 168 Å². The Morgan fingerprint density at radius 1 is 1.18 bits per heavy atom. The van der Waals surface area contributed by atoms with Crippen LogP contribution in [-0.2, 0) is 21.2 Å². The van der Waals surface area contributed by atoms with Crippen LogP contribution in [0.1, 0.15) is 49.0 Å². The molecule has 1 amide bonds. The fraction of sp³-hybridized carbons (Fsp3) is 0.500. The molecule has 1 heterocycles. The first-order chi connectivity index (χ1) is 13.4. The largest absolute Gasteiger partial charge is 0.355 e. The molecule has 0 atom stereocenters. The molecule has 2 saturated carbocycles. The average Bonchev–Trinajstić information content (AvgIpc) is 3.58. The average molecular weight is 422 g/mol. The SMILES string of the molecule is NS(=O)(=O)c1ccc(CCNC(=O)CSc2nnc(C3CC3)n2C2CC2)cc1. The van der Waals surface area contributed by atoms with Gasteiger partial charge in [0.05, 0.1) is 10.6 Å². The second-order valence-electron chi connectivity index (χ2n) is 7.29. The number of sulfonamides is 1. The quantitative estimate of drug-likeness (QED) is 0.593. The molecule has 4 rings (SSSR count). The standard InChI is InChI=1S/C18H23N5O3S2/c19-28(25,26)15-7-1-12(2-8-15)9-10-20-16(24)11-27-18-22-21-17(13-3-4-13)23(18)14-5-6-14/h1-2,7-8,13-14H,3-6,9-11H2,(H,20,24)(H2,19,25,26). The minimum Gasteiger partial charge on any atom is -0.355 e. The van der Waals surface area contributed by atoms with Gasteiger partial charge in [0.1, 0.15) is 5.82 Å². The van der Waals surface area contributed by atoms with E-state index in [1.54, 1.807) is 12.1 Å². The van der Waals surface area contributed by atoms with Crippen molar-refractivity contribution in [3.63, 3.8) is 0 Å². The van der Waals surface area contributed by atoms with Crippen LogP contribution in [0.3, 0.4) is 0 Å². The number of rotatable bonds is 9. The normalized spacial score (nSPS) is 16.9. The number of nitrogens with two attached hydrogens (primary N) is 1. The van der Waals surface area contributed by atoms with Crippen LogP contribution in [0.15, 0.2) is 34.3 Å². The fourth-order valence-corrected chi connectivity index (χ4v) is 4.41. The summed E-state index contributed by atoms with van der Waals surface area (Å²) in [6, 6.07) is 6.88. The van der Waals surface area contributed by atoms with Gasteiger partial charge in [0.2, 0.25) is 15.9 Å². The van der Waals surface area contributed by atoms with Gasteiger partial charge in [0.15, 0.2) is 5.16 Å². The third kappa shape index (κ3) is 4.73. The Morgan fingerprint density at radius 2 is 1.89 bits per heavy atom. The highest BCUT2D eigenvalue weighted by atomic mass is 32.2. The summed E-state index contributed by atoms with van der Waals surface area (Å²) in [6.45, 7) is 0.483. The van der Waals surface area contributed by atoms with Crippen molar-refractivity contribution in [1.29, 1.82) is 0 Å². The van der Waals surface area contributed by atoms with Crippen molar-refractivity contribution < 1.29 is 13.2 Å². The molecule has 1 aromatic carbocycles. The van der Waals surface area contributed by atoms with Crippen molar-refractivity contribution in [2.45, 2.75) is 54.1 Å². The molecule has 2 fully saturated rings. The van der Waals surface area contributed by atoms with Crippen LogP contribution in [0.4, 0.5) is 0 Å². The Bertz CT molecular complexity index is 964. The Hall–Kier alpha value is -1.91. The van der Waals surface area contributed by atoms with Gasteiger partial charge in [-0.3, -0.25) is 4.79 Å². The maximum absolute atomic E-state index is 12.2. The highest BCUT2D eigenvalue weighted by Crippen LogP contribution is 2.45. The molecule has 10 heteroatoms. The molecule has 3 N–H and O–H groups in total. The van der Waals surface area contributed by atoms with Gasteiger partial charge in [-0.2, -0.15) is 0 Å². The Morgan fingerprint density at radius 3 is 2.50 bits per heavy atom. The lowest BCUT2D eigenvalue weighted by Crippen LogP contribution is -2.27. The van der Waals surface area contributed by atoms with Crippen LogP contribution in [0.5, 0.6) is 0 Å². The number of nitrogens with one attached hydrogen (secondary N) is 1. The van der Waals surface area contributed by atoms with Crippen LogP contribution < -0.4 is 10.5 Å². The highest BCUT2D eigenvalue weighted by molar-refractivity contribution is 7.99. The van der Waals surface area contributed by atoms with E-state index >= 15 is 0 Å². The molecule has 0 bridgehead atoms. The Kier molecular flexibility index (Phi) is 5.44. The third-order valence-corrected chi connectivity index (χ3v) is 6.74.